The van der Waals surface area contributed by atoms with E-state index in [1.165, 1.54) is 11.1 Å². The number of nitrogens with one attached hydrogen (secondary N) is 1. The molecule has 1 atom stereocenters. The first-order valence-electron chi connectivity index (χ1n) is 10.0. The van der Waals surface area contributed by atoms with Gasteiger partial charge in [-0.15, -0.1) is 0 Å². The lowest BCUT2D eigenvalue weighted by Gasteiger charge is -2.35. The zero-order valence-electron chi connectivity index (χ0n) is 16.2. The molecule has 2 aliphatic rings. The molecule has 1 fully saturated rings. The second-order valence-corrected chi connectivity index (χ2v) is 7.29. The first-order valence-corrected chi connectivity index (χ1v) is 10.0. The smallest absolute Gasteiger partial charge is 0.231 e. The van der Waals surface area contributed by atoms with Crippen LogP contribution in [0.1, 0.15) is 17.2 Å². The van der Waals surface area contributed by atoms with E-state index in [-0.39, 0.29) is 12.8 Å². The Balaban J connectivity index is 1.50. The summed E-state index contributed by atoms with van der Waals surface area (Å²) >= 11 is 0. The number of fused-ring (bicyclic) bond motifs is 1. The van der Waals surface area contributed by atoms with Crippen molar-refractivity contribution in [3.8, 4) is 23.0 Å². The standard InChI is InChI=1S/C24H24N2O3/c1-2-6-20(7-3-1)29-21-8-4-5-18(15-21)24(26-13-11-25-12-14-26)19-9-10-22-23(16-19)28-17-27-22/h1-10,15-16,24-25H,11-14,17H2. The van der Waals surface area contributed by atoms with Crippen LogP contribution in [-0.4, -0.2) is 37.9 Å². The van der Waals surface area contributed by atoms with Gasteiger partial charge in [0.2, 0.25) is 6.79 Å². The molecule has 5 nitrogen and oxygen atoms in total. The van der Waals surface area contributed by atoms with Crippen molar-refractivity contribution in [2.45, 2.75) is 6.04 Å². The lowest BCUT2D eigenvalue weighted by atomic mass is 9.95. The van der Waals surface area contributed by atoms with Crippen molar-refractivity contribution in [2.75, 3.05) is 33.0 Å². The van der Waals surface area contributed by atoms with Gasteiger partial charge in [0, 0.05) is 26.2 Å². The summed E-state index contributed by atoms with van der Waals surface area (Å²) in [6.07, 6.45) is 0. The maximum Gasteiger partial charge on any atom is 0.231 e. The molecule has 0 bridgehead atoms. The van der Waals surface area contributed by atoms with Crippen molar-refractivity contribution in [3.63, 3.8) is 0 Å². The Morgan fingerprint density at radius 3 is 2.38 bits per heavy atom. The second kappa shape index (κ2) is 8.15. The summed E-state index contributed by atoms with van der Waals surface area (Å²) in [6.45, 7) is 4.24. The highest BCUT2D eigenvalue weighted by Gasteiger charge is 2.26. The molecule has 3 aromatic carbocycles. The largest absolute Gasteiger partial charge is 0.457 e. The van der Waals surface area contributed by atoms with Gasteiger partial charge in [-0.2, -0.15) is 0 Å². The highest BCUT2D eigenvalue weighted by atomic mass is 16.7. The average Bonchev–Trinajstić information content (AvgIpc) is 3.24. The third kappa shape index (κ3) is 3.92. The first kappa shape index (κ1) is 18.0. The van der Waals surface area contributed by atoms with Gasteiger partial charge in [-0.25, -0.2) is 0 Å². The fraction of sp³-hybridized carbons (Fsp3) is 0.250. The maximum absolute atomic E-state index is 6.09. The van der Waals surface area contributed by atoms with Crippen LogP contribution in [0.15, 0.2) is 72.8 Å². The fourth-order valence-electron chi connectivity index (χ4n) is 4.01. The van der Waals surface area contributed by atoms with Crippen LogP contribution in [0, 0.1) is 0 Å². The molecule has 3 aromatic rings. The van der Waals surface area contributed by atoms with Crippen LogP contribution in [0.3, 0.4) is 0 Å². The van der Waals surface area contributed by atoms with Gasteiger partial charge in [0.1, 0.15) is 11.5 Å². The monoisotopic (exact) mass is 388 g/mol. The molecule has 2 heterocycles. The van der Waals surface area contributed by atoms with E-state index in [0.29, 0.717) is 0 Å². The molecule has 1 saturated heterocycles. The third-order valence-corrected chi connectivity index (χ3v) is 5.38. The summed E-state index contributed by atoms with van der Waals surface area (Å²) in [7, 11) is 0. The van der Waals surface area contributed by atoms with Crippen molar-refractivity contribution in [1.29, 1.82) is 0 Å². The maximum atomic E-state index is 6.09. The molecule has 0 saturated carbocycles. The molecule has 0 aliphatic carbocycles. The van der Waals surface area contributed by atoms with E-state index in [9.17, 15) is 0 Å². The van der Waals surface area contributed by atoms with E-state index < -0.39 is 0 Å². The Kier molecular flexibility index (Phi) is 5.07. The van der Waals surface area contributed by atoms with Crippen LogP contribution in [0.25, 0.3) is 0 Å². The number of ether oxygens (including phenoxy) is 3. The molecular weight excluding hydrogens is 364 g/mol. The van der Waals surface area contributed by atoms with Crippen LogP contribution in [0.2, 0.25) is 0 Å². The number of hydrogen-bond donors (Lipinski definition) is 1. The van der Waals surface area contributed by atoms with Gasteiger partial charge >= 0.3 is 0 Å². The van der Waals surface area contributed by atoms with Crippen LogP contribution in [0.4, 0.5) is 0 Å². The predicted molar refractivity (Wildman–Crippen MR) is 112 cm³/mol. The number of rotatable bonds is 5. The third-order valence-electron chi connectivity index (χ3n) is 5.38. The molecule has 5 heteroatoms. The van der Waals surface area contributed by atoms with Gasteiger partial charge in [0.15, 0.2) is 11.5 Å². The summed E-state index contributed by atoms with van der Waals surface area (Å²) in [5.41, 5.74) is 2.41. The van der Waals surface area contributed by atoms with Crippen molar-refractivity contribution < 1.29 is 14.2 Å². The topological polar surface area (TPSA) is 43.0 Å². The zero-order chi connectivity index (χ0) is 19.5. The Bertz CT molecular complexity index is 971. The normalized spacial score (nSPS) is 17.1. The van der Waals surface area contributed by atoms with E-state index in [4.69, 9.17) is 14.2 Å². The molecule has 0 spiro atoms. The second-order valence-electron chi connectivity index (χ2n) is 7.29. The number of hydrogen-bond acceptors (Lipinski definition) is 5. The number of benzene rings is 3. The first-order chi connectivity index (χ1) is 14.4. The van der Waals surface area contributed by atoms with Crippen LogP contribution >= 0.6 is 0 Å². The number of nitrogens with zero attached hydrogens (tertiary/aromatic N) is 1. The number of para-hydroxylation sites is 1. The van der Waals surface area contributed by atoms with E-state index >= 15 is 0 Å². The summed E-state index contributed by atoms with van der Waals surface area (Å²) < 4.78 is 17.2. The molecule has 0 aromatic heterocycles. The predicted octanol–water partition coefficient (Wildman–Crippen LogP) is 4.20. The SMILES string of the molecule is c1ccc(Oc2cccc(C(c3ccc4c(c3)OCO4)N3CCNCC3)c2)cc1. The Hall–Kier alpha value is -3.02. The molecular formula is C24H24N2O3. The zero-order valence-corrected chi connectivity index (χ0v) is 16.2. The van der Waals surface area contributed by atoms with Crippen LogP contribution < -0.4 is 19.5 Å². The van der Waals surface area contributed by atoms with Crippen molar-refractivity contribution >= 4 is 0 Å². The van der Waals surface area contributed by atoms with Gasteiger partial charge in [-0.3, -0.25) is 4.90 Å². The van der Waals surface area contributed by atoms with Crippen LogP contribution in [-0.2, 0) is 0 Å². The average molecular weight is 388 g/mol. The Labute approximate surface area is 170 Å². The summed E-state index contributed by atoms with van der Waals surface area (Å²) in [5, 5.41) is 3.45. The minimum absolute atomic E-state index is 0.130. The lowest BCUT2D eigenvalue weighted by molar-refractivity contribution is 0.173. The fourth-order valence-corrected chi connectivity index (χ4v) is 4.01. The Morgan fingerprint density at radius 2 is 1.52 bits per heavy atom. The molecule has 0 radical (unpaired) electrons. The van der Waals surface area contributed by atoms with Gasteiger partial charge in [-0.1, -0.05) is 36.4 Å². The molecule has 1 N–H and O–H groups in total. The van der Waals surface area contributed by atoms with Gasteiger partial charge < -0.3 is 19.5 Å². The lowest BCUT2D eigenvalue weighted by Crippen LogP contribution is -2.45. The van der Waals surface area contributed by atoms with Crippen molar-refractivity contribution in [1.82, 2.24) is 10.2 Å². The summed E-state index contributed by atoms with van der Waals surface area (Å²) in [6, 6.07) is 24.7. The van der Waals surface area contributed by atoms with Gasteiger partial charge in [0.05, 0.1) is 6.04 Å². The van der Waals surface area contributed by atoms with Gasteiger partial charge in [0.25, 0.3) is 0 Å². The Morgan fingerprint density at radius 1 is 0.759 bits per heavy atom. The molecule has 0 amide bonds. The highest BCUT2D eigenvalue weighted by molar-refractivity contribution is 5.48. The molecule has 29 heavy (non-hydrogen) atoms. The van der Waals surface area contributed by atoms with Crippen LogP contribution in [0.5, 0.6) is 23.0 Å². The van der Waals surface area contributed by atoms with E-state index in [1.54, 1.807) is 0 Å². The van der Waals surface area contributed by atoms with E-state index in [1.807, 2.05) is 42.5 Å². The summed E-state index contributed by atoms with van der Waals surface area (Å²) in [4.78, 5) is 2.51. The summed E-state index contributed by atoms with van der Waals surface area (Å²) in [5.74, 6) is 3.31. The van der Waals surface area contributed by atoms with Crippen molar-refractivity contribution in [2.24, 2.45) is 0 Å². The molecule has 148 valence electrons. The molecule has 1 unspecified atom stereocenters. The molecule has 2 aliphatic heterocycles. The van der Waals surface area contributed by atoms with Crippen molar-refractivity contribution in [3.05, 3.63) is 83.9 Å². The highest BCUT2D eigenvalue weighted by Crippen LogP contribution is 2.38. The van der Waals surface area contributed by atoms with E-state index in [2.05, 4.69) is 40.5 Å². The molecule has 5 rings (SSSR count). The minimum Gasteiger partial charge on any atom is -0.457 e. The number of piperazine rings is 1. The minimum atomic E-state index is 0.130. The van der Waals surface area contributed by atoms with Gasteiger partial charge in [-0.05, 0) is 47.5 Å². The quantitative estimate of drug-likeness (QED) is 0.710. The van der Waals surface area contributed by atoms with E-state index in [0.717, 1.165) is 49.2 Å².